The van der Waals surface area contributed by atoms with Gasteiger partial charge in [0.25, 0.3) is 0 Å². The molecule has 1 aromatic carbocycles. The van der Waals surface area contributed by atoms with Crippen molar-refractivity contribution < 1.29 is 9.59 Å². The standard InChI is InChI=1S/C23H33N5O3/c1-3-27-19-6-4-5-7-20(19)28(23(27)31)13-10-21(29)25-11-8-18(9-12-25)22(30)26-16-14-24(2)15-17-26/h4-7,18H,3,8-17H2,1-2H3. The molecule has 0 bridgehead atoms. The first kappa shape index (κ1) is 21.6. The van der Waals surface area contributed by atoms with Crippen molar-refractivity contribution in [1.82, 2.24) is 23.8 Å². The number of likely N-dealkylation sites (tertiary alicyclic amines) is 1. The highest BCUT2D eigenvalue weighted by Crippen LogP contribution is 2.21. The molecule has 168 valence electrons. The van der Waals surface area contributed by atoms with Gasteiger partial charge in [-0.25, -0.2) is 4.79 Å². The number of piperidine rings is 1. The van der Waals surface area contributed by atoms with Gasteiger partial charge in [0.15, 0.2) is 0 Å². The van der Waals surface area contributed by atoms with Crippen molar-refractivity contribution in [3.05, 3.63) is 34.7 Å². The number of para-hydroxylation sites is 2. The minimum absolute atomic E-state index is 0.0256. The molecule has 0 spiro atoms. The molecule has 8 heteroatoms. The summed E-state index contributed by atoms with van der Waals surface area (Å²) >= 11 is 0. The van der Waals surface area contributed by atoms with Crippen LogP contribution >= 0.6 is 0 Å². The number of benzene rings is 1. The van der Waals surface area contributed by atoms with E-state index in [1.807, 2.05) is 41.0 Å². The third-order valence-corrected chi connectivity index (χ3v) is 6.80. The molecular weight excluding hydrogens is 394 g/mol. The zero-order valence-corrected chi connectivity index (χ0v) is 18.6. The SMILES string of the molecule is CCn1c(=O)n(CCC(=O)N2CCC(C(=O)N3CCN(C)CC3)CC2)c2ccccc21. The number of amides is 2. The van der Waals surface area contributed by atoms with Crippen LogP contribution in [0.5, 0.6) is 0 Å². The number of hydrogen-bond acceptors (Lipinski definition) is 4. The van der Waals surface area contributed by atoms with Gasteiger partial charge in [-0.2, -0.15) is 0 Å². The number of nitrogens with zero attached hydrogens (tertiary/aromatic N) is 5. The largest absolute Gasteiger partial charge is 0.343 e. The van der Waals surface area contributed by atoms with Gasteiger partial charge >= 0.3 is 5.69 Å². The number of rotatable bonds is 5. The van der Waals surface area contributed by atoms with E-state index in [0.717, 1.165) is 50.1 Å². The molecule has 0 N–H and O–H groups in total. The van der Waals surface area contributed by atoms with Gasteiger partial charge in [0, 0.05) is 64.7 Å². The highest BCUT2D eigenvalue weighted by Gasteiger charge is 2.31. The quantitative estimate of drug-likeness (QED) is 0.720. The fourth-order valence-electron chi connectivity index (χ4n) is 4.82. The zero-order chi connectivity index (χ0) is 22.0. The zero-order valence-electron chi connectivity index (χ0n) is 18.6. The molecule has 0 radical (unpaired) electrons. The molecule has 2 saturated heterocycles. The maximum Gasteiger partial charge on any atom is 0.329 e. The van der Waals surface area contributed by atoms with Crippen LogP contribution in [0.2, 0.25) is 0 Å². The third kappa shape index (κ3) is 4.39. The Labute approximate surface area is 183 Å². The van der Waals surface area contributed by atoms with E-state index in [-0.39, 0.29) is 23.4 Å². The summed E-state index contributed by atoms with van der Waals surface area (Å²) in [5.74, 6) is 0.336. The lowest BCUT2D eigenvalue weighted by Crippen LogP contribution is -2.51. The molecule has 31 heavy (non-hydrogen) atoms. The van der Waals surface area contributed by atoms with Gasteiger partial charge in [-0.3, -0.25) is 18.7 Å². The van der Waals surface area contributed by atoms with Crippen LogP contribution in [0.15, 0.2) is 29.1 Å². The molecule has 2 aromatic rings. The predicted molar refractivity (Wildman–Crippen MR) is 120 cm³/mol. The number of carbonyl (C=O) groups is 2. The molecule has 2 amide bonds. The Morgan fingerprint density at radius 2 is 1.52 bits per heavy atom. The molecule has 0 atom stereocenters. The fourth-order valence-corrected chi connectivity index (χ4v) is 4.82. The second kappa shape index (κ2) is 9.26. The second-order valence-electron chi connectivity index (χ2n) is 8.70. The first-order valence-corrected chi connectivity index (χ1v) is 11.4. The Morgan fingerprint density at radius 3 is 2.13 bits per heavy atom. The Kier molecular flexibility index (Phi) is 6.46. The fraction of sp³-hybridized carbons (Fsp3) is 0.609. The monoisotopic (exact) mass is 427 g/mol. The minimum Gasteiger partial charge on any atom is -0.343 e. The van der Waals surface area contributed by atoms with Gasteiger partial charge in [0.05, 0.1) is 11.0 Å². The summed E-state index contributed by atoms with van der Waals surface area (Å²) in [6.07, 6.45) is 1.76. The van der Waals surface area contributed by atoms with Crippen molar-refractivity contribution in [2.24, 2.45) is 5.92 Å². The van der Waals surface area contributed by atoms with Gasteiger partial charge in [0.2, 0.25) is 11.8 Å². The van der Waals surface area contributed by atoms with Crippen LogP contribution in [0.1, 0.15) is 26.2 Å². The first-order valence-electron chi connectivity index (χ1n) is 11.4. The van der Waals surface area contributed by atoms with Crippen LogP contribution in [0, 0.1) is 5.92 Å². The molecule has 1 aromatic heterocycles. The van der Waals surface area contributed by atoms with Crippen molar-refractivity contribution in [1.29, 1.82) is 0 Å². The lowest BCUT2D eigenvalue weighted by molar-refractivity contribution is -0.142. The molecule has 0 unspecified atom stereocenters. The number of imidazole rings is 1. The van der Waals surface area contributed by atoms with Crippen LogP contribution < -0.4 is 5.69 Å². The van der Waals surface area contributed by atoms with Crippen molar-refractivity contribution in [3.8, 4) is 0 Å². The summed E-state index contributed by atoms with van der Waals surface area (Å²) in [6.45, 7) is 7.64. The number of piperazine rings is 1. The van der Waals surface area contributed by atoms with E-state index in [2.05, 4.69) is 11.9 Å². The van der Waals surface area contributed by atoms with Crippen LogP contribution in [0.25, 0.3) is 11.0 Å². The van der Waals surface area contributed by atoms with E-state index in [1.54, 1.807) is 9.13 Å². The summed E-state index contributed by atoms with van der Waals surface area (Å²) in [6, 6.07) is 7.73. The van der Waals surface area contributed by atoms with Crippen LogP contribution in [-0.2, 0) is 22.7 Å². The van der Waals surface area contributed by atoms with Crippen LogP contribution in [0.4, 0.5) is 0 Å². The van der Waals surface area contributed by atoms with Gasteiger partial charge in [-0.15, -0.1) is 0 Å². The summed E-state index contributed by atoms with van der Waals surface area (Å²) in [5.41, 5.74) is 1.72. The topological polar surface area (TPSA) is 70.8 Å². The van der Waals surface area contributed by atoms with Crippen molar-refractivity contribution >= 4 is 22.8 Å². The molecule has 0 aliphatic carbocycles. The molecule has 0 saturated carbocycles. The Hall–Kier alpha value is -2.61. The van der Waals surface area contributed by atoms with Gasteiger partial charge in [-0.1, -0.05) is 12.1 Å². The third-order valence-electron chi connectivity index (χ3n) is 6.80. The molecule has 2 aliphatic heterocycles. The Morgan fingerprint density at radius 1 is 0.903 bits per heavy atom. The normalized spacial score (nSPS) is 18.6. The Balaban J connectivity index is 1.32. The summed E-state index contributed by atoms with van der Waals surface area (Å²) in [5, 5.41) is 0. The average molecular weight is 428 g/mol. The molecule has 2 fully saturated rings. The summed E-state index contributed by atoms with van der Waals surface area (Å²) in [4.78, 5) is 44.5. The van der Waals surface area contributed by atoms with E-state index < -0.39 is 0 Å². The van der Waals surface area contributed by atoms with Crippen LogP contribution in [-0.4, -0.2) is 82.0 Å². The predicted octanol–water partition coefficient (Wildman–Crippen LogP) is 1.23. The molecule has 4 rings (SSSR count). The number of carbonyl (C=O) groups excluding carboxylic acids is 2. The summed E-state index contributed by atoms with van der Waals surface area (Å²) in [7, 11) is 2.08. The maximum atomic E-state index is 12.8. The highest BCUT2D eigenvalue weighted by atomic mass is 16.2. The lowest BCUT2D eigenvalue weighted by Gasteiger charge is -2.37. The number of hydrogen-bond donors (Lipinski definition) is 0. The Bertz CT molecular complexity index is 994. The number of likely N-dealkylation sites (N-methyl/N-ethyl adjacent to an activating group) is 1. The minimum atomic E-state index is -0.0621. The molecule has 8 nitrogen and oxygen atoms in total. The van der Waals surface area contributed by atoms with Gasteiger partial charge in [-0.05, 0) is 38.9 Å². The molecular formula is C23H33N5O3. The molecule has 2 aliphatic rings. The smallest absolute Gasteiger partial charge is 0.329 e. The second-order valence-corrected chi connectivity index (χ2v) is 8.70. The lowest BCUT2D eigenvalue weighted by atomic mass is 9.94. The first-order chi connectivity index (χ1) is 15.0. The molecule has 3 heterocycles. The van der Waals surface area contributed by atoms with Crippen molar-refractivity contribution in [2.75, 3.05) is 46.3 Å². The van der Waals surface area contributed by atoms with Crippen molar-refractivity contribution in [3.63, 3.8) is 0 Å². The van der Waals surface area contributed by atoms with E-state index >= 15 is 0 Å². The number of fused-ring (bicyclic) bond motifs is 1. The van der Waals surface area contributed by atoms with E-state index in [9.17, 15) is 14.4 Å². The van der Waals surface area contributed by atoms with Gasteiger partial charge < -0.3 is 14.7 Å². The number of aromatic nitrogens is 2. The average Bonchev–Trinajstić information content (AvgIpc) is 3.08. The van der Waals surface area contributed by atoms with Crippen LogP contribution in [0.3, 0.4) is 0 Å². The maximum absolute atomic E-state index is 12.8. The van der Waals surface area contributed by atoms with E-state index in [1.165, 1.54) is 0 Å². The van der Waals surface area contributed by atoms with E-state index in [4.69, 9.17) is 0 Å². The number of aryl methyl sites for hydroxylation is 2. The summed E-state index contributed by atoms with van der Waals surface area (Å²) < 4.78 is 3.45. The van der Waals surface area contributed by atoms with Gasteiger partial charge in [0.1, 0.15) is 0 Å². The van der Waals surface area contributed by atoms with Crippen molar-refractivity contribution in [2.45, 2.75) is 39.3 Å². The highest BCUT2D eigenvalue weighted by molar-refractivity contribution is 5.80. The van der Waals surface area contributed by atoms with E-state index in [0.29, 0.717) is 32.6 Å².